The van der Waals surface area contributed by atoms with Crippen molar-refractivity contribution in [2.45, 2.75) is 45.6 Å². The van der Waals surface area contributed by atoms with Gasteiger partial charge in [-0.05, 0) is 25.0 Å². The molecule has 2 N–H and O–H groups in total. The van der Waals surface area contributed by atoms with Gasteiger partial charge in [0.1, 0.15) is 0 Å². The van der Waals surface area contributed by atoms with Crippen LogP contribution in [0, 0.1) is 0 Å². The summed E-state index contributed by atoms with van der Waals surface area (Å²) in [5, 5.41) is 4.34. The maximum absolute atomic E-state index is 12.5. The second-order valence-corrected chi connectivity index (χ2v) is 9.37. The Balaban J connectivity index is 1.75. The van der Waals surface area contributed by atoms with E-state index in [-0.39, 0.29) is 11.9 Å². The SMILES string of the molecule is CCCCC[C@@H](C)NC(=O)C[NH+]1CCN(S(=O)(=O)/C=C/c2ccccc2)CC1. The summed E-state index contributed by atoms with van der Waals surface area (Å²) in [4.78, 5) is 13.4. The van der Waals surface area contributed by atoms with Crippen LogP contribution in [0.2, 0.25) is 0 Å². The van der Waals surface area contributed by atoms with Crippen LogP contribution in [0.15, 0.2) is 35.7 Å². The summed E-state index contributed by atoms with van der Waals surface area (Å²) in [7, 11) is -3.43. The average Bonchev–Trinajstić information content (AvgIpc) is 2.68. The molecule has 28 heavy (non-hydrogen) atoms. The summed E-state index contributed by atoms with van der Waals surface area (Å²) in [5.74, 6) is 0.0549. The summed E-state index contributed by atoms with van der Waals surface area (Å²) in [6, 6.07) is 9.60. The molecule has 1 heterocycles. The minimum atomic E-state index is -3.43. The molecule has 2 rings (SSSR count). The highest BCUT2D eigenvalue weighted by Crippen LogP contribution is 2.08. The summed E-state index contributed by atoms with van der Waals surface area (Å²) in [6.07, 6.45) is 6.15. The molecule has 1 saturated heterocycles. The Morgan fingerprint density at radius 2 is 1.89 bits per heavy atom. The van der Waals surface area contributed by atoms with Crippen LogP contribution in [0.3, 0.4) is 0 Å². The van der Waals surface area contributed by atoms with Gasteiger partial charge >= 0.3 is 0 Å². The van der Waals surface area contributed by atoms with E-state index < -0.39 is 10.0 Å². The molecule has 0 radical (unpaired) electrons. The molecule has 0 saturated carbocycles. The first kappa shape index (κ1) is 22.6. The number of nitrogens with one attached hydrogen (secondary N) is 2. The van der Waals surface area contributed by atoms with E-state index in [9.17, 15) is 13.2 Å². The summed E-state index contributed by atoms with van der Waals surface area (Å²) in [5.41, 5.74) is 0.861. The number of hydrogen-bond acceptors (Lipinski definition) is 3. The lowest BCUT2D eigenvalue weighted by atomic mass is 10.1. The van der Waals surface area contributed by atoms with E-state index >= 15 is 0 Å². The van der Waals surface area contributed by atoms with Crippen LogP contribution in [0.1, 0.15) is 45.1 Å². The molecule has 0 aromatic heterocycles. The number of carbonyl (C=O) groups is 1. The second-order valence-electron chi connectivity index (χ2n) is 7.55. The van der Waals surface area contributed by atoms with Gasteiger partial charge in [0.15, 0.2) is 6.54 Å². The lowest BCUT2D eigenvalue weighted by Gasteiger charge is -2.30. The van der Waals surface area contributed by atoms with E-state index in [2.05, 4.69) is 12.2 Å². The van der Waals surface area contributed by atoms with Crippen molar-refractivity contribution < 1.29 is 18.1 Å². The van der Waals surface area contributed by atoms with Crippen molar-refractivity contribution in [1.82, 2.24) is 9.62 Å². The van der Waals surface area contributed by atoms with Crippen LogP contribution >= 0.6 is 0 Å². The van der Waals surface area contributed by atoms with Crippen molar-refractivity contribution in [3.05, 3.63) is 41.3 Å². The van der Waals surface area contributed by atoms with E-state index in [1.807, 2.05) is 37.3 Å². The van der Waals surface area contributed by atoms with Gasteiger partial charge < -0.3 is 10.2 Å². The number of quaternary nitrogens is 1. The number of carbonyl (C=O) groups excluding carboxylic acids is 1. The van der Waals surface area contributed by atoms with E-state index in [0.717, 1.165) is 23.3 Å². The Bertz CT molecular complexity index is 727. The quantitative estimate of drug-likeness (QED) is 0.573. The molecule has 1 aromatic carbocycles. The van der Waals surface area contributed by atoms with Crippen LogP contribution < -0.4 is 10.2 Å². The molecule has 1 atom stereocenters. The van der Waals surface area contributed by atoms with E-state index in [4.69, 9.17) is 0 Å². The first-order valence-corrected chi connectivity index (χ1v) is 11.8. The number of unbranched alkanes of at least 4 members (excludes halogenated alkanes) is 2. The zero-order valence-electron chi connectivity index (χ0n) is 17.1. The Kier molecular flexibility index (Phi) is 9.15. The van der Waals surface area contributed by atoms with Crippen molar-refractivity contribution in [3.8, 4) is 0 Å². The third-order valence-electron chi connectivity index (χ3n) is 5.08. The molecule has 1 aromatic rings. The summed E-state index contributed by atoms with van der Waals surface area (Å²) < 4.78 is 26.5. The Hall–Kier alpha value is -1.70. The number of benzene rings is 1. The number of hydrogen-bond donors (Lipinski definition) is 2. The number of piperazine rings is 1. The molecule has 7 heteroatoms. The first-order chi connectivity index (χ1) is 13.4. The van der Waals surface area contributed by atoms with Gasteiger partial charge in [0, 0.05) is 11.4 Å². The third-order valence-corrected chi connectivity index (χ3v) is 6.65. The monoisotopic (exact) mass is 408 g/mol. The highest BCUT2D eigenvalue weighted by Gasteiger charge is 2.28. The van der Waals surface area contributed by atoms with Crippen molar-refractivity contribution in [2.75, 3.05) is 32.7 Å². The summed E-state index contributed by atoms with van der Waals surface area (Å²) >= 11 is 0. The average molecular weight is 409 g/mol. The van der Waals surface area contributed by atoms with Crippen LogP contribution in [0.4, 0.5) is 0 Å². The van der Waals surface area contributed by atoms with Crippen LogP contribution in [0.25, 0.3) is 6.08 Å². The number of nitrogens with zero attached hydrogens (tertiary/aromatic N) is 1. The van der Waals surface area contributed by atoms with E-state index in [1.165, 1.54) is 22.6 Å². The molecule has 1 fully saturated rings. The van der Waals surface area contributed by atoms with E-state index in [1.54, 1.807) is 6.08 Å². The minimum Gasteiger partial charge on any atom is -0.349 e. The molecule has 0 bridgehead atoms. The number of rotatable bonds is 10. The molecular weight excluding hydrogens is 374 g/mol. The zero-order valence-corrected chi connectivity index (χ0v) is 17.9. The Morgan fingerprint density at radius 3 is 2.54 bits per heavy atom. The van der Waals surface area contributed by atoms with Crippen molar-refractivity contribution >= 4 is 22.0 Å². The fourth-order valence-electron chi connectivity index (χ4n) is 3.37. The highest BCUT2D eigenvalue weighted by molar-refractivity contribution is 7.92. The van der Waals surface area contributed by atoms with Crippen molar-refractivity contribution in [1.29, 1.82) is 0 Å². The van der Waals surface area contributed by atoms with Crippen molar-refractivity contribution in [3.63, 3.8) is 0 Å². The second kappa shape index (κ2) is 11.3. The lowest BCUT2D eigenvalue weighted by Crippen LogP contribution is -3.15. The largest absolute Gasteiger partial charge is 0.349 e. The van der Waals surface area contributed by atoms with Gasteiger partial charge in [-0.1, -0.05) is 56.5 Å². The fraction of sp³-hybridized carbons (Fsp3) is 0.571. The molecule has 1 amide bonds. The molecule has 1 aliphatic rings. The third kappa shape index (κ3) is 7.73. The first-order valence-electron chi connectivity index (χ1n) is 10.3. The molecule has 1 aliphatic heterocycles. The van der Waals surface area contributed by atoms with Crippen LogP contribution in [-0.4, -0.2) is 57.4 Å². The van der Waals surface area contributed by atoms with Gasteiger partial charge in [0.25, 0.3) is 5.91 Å². The van der Waals surface area contributed by atoms with Gasteiger partial charge in [0.2, 0.25) is 10.0 Å². The standard InChI is InChI=1S/C21H33N3O3S/c1-3-4-6-9-19(2)22-21(25)18-23-13-15-24(16-14-23)28(26,27)17-12-20-10-7-5-8-11-20/h5,7-8,10-12,17,19H,3-4,6,9,13-16,18H2,1-2H3,(H,22,25)/p+1/b17-12+/t19-/m1/s1. The maximum Gasteiger partial charge on any atom is 0.275 e. The molecular formula is C21H34N3O3S+. The number of sulfonamides is 1. The molecule has 6 nitrogen and oxygen atoms in total. The molecule has 0 aliphatic carbocycles. The lowest BCUT2D eigenvalue weighted by molar-refractivity contribution is -0.895. The van der Waals surface area contributed by atoms with Crippen molar-refractivity contribution in [2.24, 2.45) is 0 Å². The normalized spacial score (nSPS) is 17.6. The minimum absolute atomic E-state index is 0.0549. The highest BCUT2D eigenvalue weighted by atomic mass is 32.2. The predicted molar refractivity (Wildman–Crippen MR) is 113 cm³/mol. The Morgan fingerprint density at radius 1 is 1.21 bits per heavy atom. The van der Waals surface area contributed by atoms with Crippen LogP contribution in [0.5, 0.6) is 0 Å². The van der Waals surface area contributed by atoms with Crippen LogP contribution in [-0.2, 0) is 14.8 Å². The van der Waals surface area contributed by atoms with Gasteiger partial charge in [-0.25, -0.2) is 8.42 Å². The summed E-state index contributed by atoms with van der Waals surface area (Å²) in [6.45, 7) is 6.81. The number of amides is 1. The zero-order chi connectivity index (χ0) is 20.4. The topological polar surface area (TPSA) is 70.9 Å². The fourth-order valence-corrected chi connectivity index (χ4v) is 4.57. The smallest absolute Gasteiger partial charge is 0.275 e. The van der Waals surface area contributed by atoms with Gasteiger partial charge in [-0.2, -0.15) is 4.31 Å². The van der Waals surface area contributed by atoms with Gasteiger partial charge in [0.05, 0.1) is 26.2 Å². The van der Waals surface area contributed by atoms with E-state index in [0.29, 0.717) is 32.7 Å². The Labute approximate surface area is 169 Å². The molecule has 0 spiro atoms. The van der Waals surface area contributed by atoms with Gasteiger partial charge in [-0.15, -0.1) is 0 Å². The van der Waals surface area contributed by atoms with Gasteiger partial charge in [-0.3, -0.25) is 4.79 Å². The molecule has 0 unspecified atom stereocenters. The molecule has 156 valence electrons. The predicted octanol–water partition coefficient (Wildman–Crippen LogP) is 1.27. The maximum atomic E-state index is 12.5.